The van der Waals surface area contributed by atoms with Crippen LogP contribution in [0.1, 0.15) is 20.8 Å². The second kappa shape index (κ2) is 6.89. The average Bonchev–Trinajstić information content (AvgIpc) is 2.47. The molecular formula is C16H24FN3O. The Balaban J connectivity index is 2.06. The molecule has 1 aliphatic heterocycles. The Morgan fingerprint density at radius 1 is 1.29 bits per heavy atom. The number of piperazine rings is 1. The smallest absolute Gasteiger partial charge is 0.227 e. The lowest BCUT2D eigenvalue weighted by Gasteiger charge is -2.29. The summed E-state index contributed by atoms with van der Waals surface area (Å²) in [6.45, 7) is 9.20. The van der Waals surface area contributed by atoms with Crippen LogP contribution >= 0.6 is 0 Å². The Morgan fingerprint density at radius 3 is 2.52 bits per heavy atom. The summed E-state index contributed by atoms with van der Waals surface area (Å²) in [4.78, 5) is 14.0. The van der Waals surface area contributed by atoms with Gasteiger partial charge < -0.3 is 15.5 Å². The van der Waals surface area contributed by atoms with Gasteiger partial charge in [0.1, 0.15) is 5.82 Å². The van der Waals surface area contributed by atoms with E-state index in [4.69, 9.17) is 0 Å². The van der Waals surface area contributed by atoms with Gasteiger partial charge in [-0.1, -0.05) is 20.8 Å². The van der Waals surface area contributed by atoms with E-state index in [-0.39, 0.29) is 23.6 Å². The number of nitrogens with one attached hydrogen (secondary N) is 2. The van der Waals surface area contributed by atoms with E-state index in [1.54, 1.807) is 12.1 Å². The Morgan fingerprint density at radius 2 is 1.95 bits per heavy atom. The second-order valence-corrected chi connectivity index (χ2v) is 5.93. The SMILES string of the molecule is CC(C)[C@@H](C)C(=O)Nc1ccc(N2CCNCC2)c(F)c1. The zero-order valence-corrected chi connectivity index (χ0v) is 12.9. The molecule has 2 rings (SSSR count). The fourth-order valence-electron chi connectivity index (χ4n) is 2.31. The number of halogens is 1. The molecule has 0 spiro atoms. The fraction of sp³-hybridized carbons (Fsp3) is 0.562. The van der Waals surface area contributed by atoms with Gasteiger partial charge in [-0.05, 0) is 24.1 Å². The first-order valence-electron chi connectivity index (χ1n) is 7.55. The number of rotatable bonds is 4. The molecule has 1 amide bonds. The molecule has 116 valence electrons. The van der Waals surface area contributed by atoms with E-state index in [1.165, 1.54) is 6.07 Å². The Labute approximate surface area is 125 Å². The molecule has 0 bridgehead atoms. The molecular weight excluding hydrogens is 269 g/mol. The van der Waals surface area contributed by atoms with Crippen molar-refractivity contribution in [2.75, 3.05) is 36.4 Å². The van der Waals surface area contributed by atoms with Crippen LogP contribution < -0.4 is 15.5 Å². The molecule has 1 aromatic carbocycles. The van der Waals surface area contributed by atoms with E-state index >= 15 is 0 Å². The lowest BCUT2D eigenvalue weighted by atomic mass is 9.97. The number of carbonyl (C=O) groups is 1. The number of hydrogen-bond acceptors (Lipinski definition) is 3. The fourth-order valence-corrected chi connectivity index (χ4v) is 2.31. The van der Waals surface area contributed by atoms with Crippen molar-refractivity contribution >= 4 is 17.3 Å². The molecule has 21 heavy (non-hydrogen) atoms. The lowest BCUT2D eigenvalue weighted by Crippen LogP contribution is -2.43. The van der Waals surface area contributed by atoms with Gasteiger partial charge in [0.25, 0.3) is 0 Å². The van der Waals surface area contributed by atoms with E-state index in [2.05, 4.69) is 10.6 Å². The molecule has 0 unspecified atom stereocenters. The molecule has 0 radical (unpaired) electrons. The lowest BCUT2D eigenvalue weighted by molar-refractivity contribution is -0.120. The van der Waals surface area contributed by atoms with Gasteiger partial charge >= 0.3 is 0 Å². The summed E-state index contributed by atoms with van der Waals surface area (Å²) in [6.07, 6.45) is 0. The monoisotopic (exact) mass is 293 g/mol. The molecule has 0 aliphatic carbocycles. The summed E-state index contributed by atoms with van der Waals surface area (Å²) in [5, 5.41) is 6.03. The first-order chi connectivity index (χ1) is 9.99. The van der Waals surface area contributed by atoms with Crippen molar-refractivity contribution in [3.8, 4) is 0 Å². The van der Waals surface area contributed by atoms with Crippen molar-refractivity contribution in [3.63, 3.8) is 0 Å². The quantitative estimate of drug-likeness (QED) is 0.896. The average molecular weight is 293 g/mol. The standard InChI is InChI=1S/C16H24FN3O/c1-11(2)12(3)16(21)19-13-4-5-15(14(17)10-13)20-8-6-18-7-9-20/h4-5,10-12,18H,6-9H2,1-3H3,(H,19,21)/t12-/m1/s1. The minimum atomic E-state index is -0.285. The van der Waals surface area contributed by atoms with Crippen LogP contribution in [-0.4, -0.2) is 32.1 Å². The highest BCUT2D eigenvalue weighted by Gasteiger charge is 2.18. The molecule has 1 atom stereocenters. The Hall–Kier alpha value is -1.62. The van der Waals surface area contributed by atoms with E-state index < -0.39 is 0 Å². The normalized spacial score (nSPS) is 16.9. The maximum atomic E-state index is 14.2. The minimum absolute atomic E-state index is 0.0701. The van der Waals surface area contributed by atoms with E-state index in [0.717, 1.165) is 26.2 Å². The minimum Gasteiger partial charge on any atom is -0.367 e. The summed E-state index contributed by atoms with van der Waals surface area (Å²) in [7, 11) is 0. The van der Waals surface area contributed by atoms with Crippen molar-refractivity contribution in [3.05, 3.63) is 24.0 Å². The highest BCUT2D eigenvalue weighted by molar-refractivity contribution is 5.92. The van der Waals surface area contributed by atoms with Gasteiger partial charge in [-0.2, -0.15) is 0 Å². The van der Waals surface area contributed by atoms with Crippen LogP contribution in [0.5, 0.6) is 0 Å². The third-order valence-electron chi connectivity index (χ3n) is 4.09. The largest absolute Gasteiger partial charge is 0.367 e. The Kier molecular flexibility index (Phi) is 5.17. The first-order valence-corrected chi connectivity index (χ1v) is 7.55. The van der Waals surface area contributed by atoms with Crippen LogP contribution in [0.2, 0.25) is 0 Å². The zero-order valence-electron chi connectivity index (χ0n) is 12.9. The van der Waals surface area contributed by atoms with Crippen LogP contribution in [0, 0.1) is 17.7 Å². The summed E-state index contributed by atoms with van der Waals surface area (Å²) in [6, 6.07) is 4.92. The number of hydrogen-bond donors (Lipinski definition) is 2. The van der Waals surface area contributed by atoms with Crippen LogP contribution in [0.3, 0.4) is 0 Å². The van der Waals surface area contributed by atoms with Gasteiger partial charge in [-0.15, -0.1) is 0 Å². The van der Waals surface area contributed by atoms with Gasteiger partial charge in [0.15, 0.2) is 0 Å². The number of carbonyl (C=O) groups excluding carboxylic acids is 1. The molecule has 1 aromatic rings. The highest BCUT2D eigenvalue weighted by atomic mass is 19.1. The number of amides is 1. The van der Waals surface area contributed by atoms with E-state index in [0.29, 0.717) is 11.4 Å². The van der Waals surface area contributed by atoms with Gasteiger partial charge in [-0.25, -0.2) is 4.39 Å². The summed E-state index contributed by atoms with van der Waals surface area (Å²) in [5.74, 6) is -0.193. The molecule has 0 aromatic heterocycles. The topological polar surface area (TPSA) is 44.4 Å². The maximum absolute atomic E-state index is 14.2. The Bertz CT molecular complexity index is 498. The second-order valence-electron chi connectivity index (χ2n) is 5.93. The highest BCUT2D eigenvalue weighted by Crippen LogP contribution is 2.24. The van der Waals surface area contributed by atoms with Crippen LogP contribution in [0.15, 0.2) is 18.2 Å². The molecule has 0 saturated carbocycles. The maximum Gasteiger partial charge on any atom is 0.227 e. The van der Waals surface area contributed by atoms with E-state index in [1.807, 2.05) is 25.7 Å². The molecule has 5 heteroatoms. The molecule has 4 nitrogen and oxygen atoms in total. The zero-order chi connectivity index (χ0) is 15.4. The van der Waals surface area contributed by atoms with Crippen molar-refractivity contribution in [1.82, 2.24) is 5.32 Å². The number of anilines is 2. The number of benzene rings is 1. The van der Waals surface area contributed by atoms with Crippen LogP contribution in [-0.2, 0) is 4.79 Å². The molecule has 1 heterocycles. The van der Waals surface area contributed by atoms with Crippen LogP contribution in [0.25, 0.3) is 0 Å². The van der Waals surface area contributed by atoms with Crippen LogP contribution in [0.4, 0.5) is 15.8 Å². The number of nitrogens with zero attached hydrogens (tertiary/aromatic N) is 1. The predicted molar refractivity (Wildman–Crippen MR) is 84.1 cm³/mol. The van der Waals surface area contributed by atoms with Gasteiger partial charge in [0.2, 0.25) is 5.91 Å². The third kappa shape index (κ3) is 3.94. The van der Waals surface area contributed by atoms with Gasteiger partial charge in [0, 0.05) is 37.8 Å². The molecule has 2 N–H and O–H groups in total. The van der Waals surface area contributed by atoms with Crippen molar-refractivity contribution < 1.29 is 9.18 Å². The summed E-state index contributed by atoms with van der Waals surface area (Å²) >= 11 is 0. The third-order valence-corrected chi connectivity index (χ3v) is 4.09. The predicted octanol–water partition coefficient (Wildman–Crippen LogP) is 2.47. The molecule has 1 aliphatic rings. The summed E-state index contributed by atoms with van der Waals surface area (Å²) < 4.78 is 14.2. The van der Waals surface area contributed by atoms with Gasteiger partial charge in [0.05, 0.1) is 5.69 Å². The van der Waals surface area contributed by atoms with Gasteiger partial charge in [-0.3, -0.25) is 4.79 Å². The molecule has 1 fully saturated rings. The van der Waals surface area contributed by atoms with Crippen molar-refractivity contribution in [1.29, 1.82) is 0 Å². The van der Waals surface area contributed by atoms with Crippen molar-refractivity contribution in [2.24, 2.45) is 11.8 Å². The molecule has 1 saturated heterocycles. The van der Waals surface area contributed by atoms with E-state index in [9.17, 15) is 9.18 Å². The first kappa shape index (κ1) is 15.8. The summed E-state index contributed by atoms with van der Waals surface area (Å²) in [5.41, 5.74) is 1.12. The van der Waals surface area contributed by atoms with Crippen molar-refractivity contribution in [2.45, 2.75) is 20.8 Å².